The van der Waals surface area contributed by atoms with Gasteiger partial charge in [-0.1, -0.05) is 16.6 Å². The first-order chi connectivity index (χ1) is 11.1. The number of nitrogens with zero attached hydrogens (tertiary/aromatic N) is 5. The molecule has 0 spiro atoms. The van der Waals surface area contributed by atoms with E-state index < -0.39 is 0 Å². The molecule has 9 nitrogen and oxygen atoms in total. The highest BCUT2D eigenvalue weighted by Gasteiger charge is 2.13. The molecule has 0 fully saturated rings. The number of hydrogen-bond donors (Lipinski definition) is 3. The molecule has 0 radical (unpaired) electrons. The molecule has 4 N–H and O–H groups in total. The summed E-state index contributed by atoms with van der Waals surface area (Å²) >= 11 is 2.92. The fourth-order valence-corrected chi connectivity index (χ4v) is 3.44. The van der Waals surface area contributed by atoms with E-state index in [9.17, 15) is 4.79 Å². The molecule has 0 aliphatic rings. The summed E-state index contributed by atoms with van der Waals surface area (Å²) in [6, 6.07) is 0. The number of nitrogens with two attached hydrogens (primary N) is 1. The van der Waals surface area contributed by atoms with Crippen LogP contribution in [-0.2, 0) is 4.79 Å². The van der Waals surface area contributed by atoms with Crippen molar-refractivity contribution >= 4 is 45.1 Å². The van der Waals surface area contributed by atoms with Crippen LogP contribution in [0.5, 0.6) is 0 Å². The lowest BCUT2D eigenvalue weighted by atomic mass is 10.3. The quantitative estimate of drug-likeness (QED) is 0.232. The maximum absolute atomic E-state index is 11.1. The molecule has 2 heterocycles. The Balaban J connectivity index is 1.96. The molecule has 0 aliphatic heterocycles. The zero-order valence-corrected chi connectivity index (χ0v) is 14.2. The fraction of sp³-hybridized carbons (Fsp3) is 0.333. The van der Waals surface area contributed by atoms with Gasteiger partial charge in [0, 0.05) is 31.5 Å². The van der Waals surface area contributed by atoms with Gasteiger partial charge >= 0.3 is 0 Å². The lowest BCUT2D eigenvalue weighted by Gasteiger charge is -1.97. The Labute approximate surface area is 140 Å². The van der Waals surface area contributed by atoms with Gasteiger partial charge in [-0.05, 0) is 12.1 Å². The normalized spacial score (nSPS) is 11.4. The van der Waals surface area contributed by atoms with E-state index in [1.54, 1.807) is 6.21 Å². The summed E-state index contributed by atoms with van der Waals surface area (Å²) in [5, 5.41) is 19.2. The standard InChI is InChI=1S/C12H16N8OS2/c1-7-10(23-12(16-7)17-8(2)21)9-6-22-11(18-9)14-4-3-5-15-20-19-13/h5-6H,3-4H2,1-2H3,(H2,13,20)(H,14,18)(H,16,17,21)/b15-5+. The van der Waals surface area contributed by atoms with E-state index in [0.717, 1.165) is 21.4 Å². The SMILES string of the molecule is CC(=O)Nc1nc(C)c(-c2csc(NCC/C=N/N=N\N)n2)s1. The number of hydrogen-bond acceptors (Lipinski definition) is 8. The number of carbonyl (C=O) groups is 1. The van der Waals surface area contributed by atoms with E-state index >= 15 is 0 Å². The van der Waals surface area contributed by atoms with Gasteiger partial charge in [0.15, 0.2) is 10.3 Å². The Kier molecular flexibility index (Phi) is 6.11. The van der Waals surface area contributed by atoms with E-state index in [0.29, 0.717) is 18.1 Å². The molecule has 0 bridgehead atoms. The zero-order valence-electron chi connectivity index (χ0n) is 12.6. The monoisotopic (exact) mass is 352 g/mol. The van der Waals surface area contributed by atoms with Gasteiger partial charge < -0.3 is 16.5 Å². The van der Waals surface area contributed by atoms with Crippen molar-refractivity contribution in [3.8, 4) is 10.6 Å². The molecule has 0 aliphatic carbocycles. The second-order valence-electron chi connectivity index (χ2n) is 4.37. The Morgan fingerprint density at radius 3 is 3.00 bits per heavy atom. The fourth-order valence-electron chi connectivity index (χ4n) is 1.67. The topological polar surface area (TPSA) is 130 Å². The molecule has 11 heteroatoms. The third-order valence-corrected chi connectivity index (χ3v) is 4.45. The largest absolute Gasteiger partial charge is 0.361 e. The third kappa shape index (κ3) is 5.07. The molecular formula is C12H16N8OS2. The van der Waals surface area contributed by atoms with E-state index in [1.165, 1.54) is 29.6 Å². The summed E-state index contributed by atoms with van der Waals surface area (Å²) in [6.07, 6.45) is 2.30. The molecule has 0 aromatic carbocycles. The Morgan fingerprint density at radius 2 is 2.26 bits per heavy atom. The van der Waals surface area contributed by atoms with Gasteiger partial charge in [0.1, 0.15) is 0 Å². The number of nitrogens with one attached hydrogen (secondary N) is 2. The molecule has 0 unspecified atom stereocenters. The van der Waals surface area contributed by atoms with Gasteiger partial charge in [-0.2, -0.15) is 0 Å². The summed E-state index contributed by atoms with van der Waals surface area (Å²) in [4.78, 5) is 20.9. The molecule has 23 heavy (non-hydrogen) atoms. The predicted molar refractivity (Wildman–Crippen MR) is 92.9 cm³/mol. The highest BCUT2D eigenvalue weighted by atomic mass is 32.1. The molecule has 0 saturated carbocycles. The summed E-state index contributed by atoms with van der Waals surface area (Å²) in [7, 11) is 0. The summed E-state index contributed by atoms with van der Waals surface area (Å²) in [6.45, 7) is 4.03. The molecule has 2 aromatic rings. The van der Waals surface area contributed by atoms with Crippen LogP contribution in [0.1, 0.15) is 19.0 Å². The van der Waals surface area contributed by atoms with Crippen molar-refractivity contribution in [1.29, 1.82) is 0 Å². The van der Waals surface area contributed by atoms with Crippen LogP contribution in [0.15, 0.2) is 20.9 Å². The molecule has 122 valence electrons. The predicted octanol–water partition coefficient (Wildman–Crippen LogP) is 2.65. The third-order valence-electron chi connectivity index (χ3n) is 2.55. The van der Waals surface area contributed by atoms with Crippen LogP contribution >= 0.6 is 22.7 Å². The van der Waals surface area contributed by atoms with Crippen LogP contribution in [-0.4, -0.2) is 28.6 Å². The lowest BCUT2D eigenvalue weighted by molar-refractivity contribution is -0.114. The molecule has 2 aromatic heterocycles. The van der Waals surface area contributed by atoms with Crippen molar-refractivity contribution in [1.82, 2.24) is 9.97 Å². The van der Waals surface area contributed by atoms with Crippen molar-refractivity contribution in [3.05, 3.63) is 11.1 Å². The number of aromatic nitrogens is 2. The highest BCUT2D eigenvalue weighted by Crippen LogP contribution is 2.34. The van der Waals surface area contributed by atoms with Crippen LogP contribution in [0.25, 0.3) is 10.6 Å². The van der Waals surface area contributed by atoms with E-state index in [1.807, 2.05) is 12.3 Å². The van der Waals surface area contributed by atoms with Crippen molar-refractivity contribution in [2.24, 2.45) is 21.4 Å². The first kappa shape index (κ1) is 17.0. The van der Waals surface area contributed by atoms with Gasteiger partial charge in [-0.25, -0.2) is 9.97 Å². The average molecular weight is 352 g/mol. The zero-order chi connectivity index (χ0) is 16.7. The van der Waals surface area contributed by atoms with E-state index in [2.05, 4.69) is 36.1 Å². The highest BCUT2D eigenvalue weighted by molar-refractivity contribution is 7.19. The number of rotatable bonds is 7. The Hall–Kier alpha value is -2.40. The Morgan fingerprint density at radius 1 is 1.43 bits per heavy atom. The molecular weight excluding hydrogens is 336 g/mol. The van der Waals surface area contributed by atoms with Crippen molar-refractivity contribution in [2.45, 2.75) is 20.3 Å². The van der Waals surface area contributed by atoms with Crippen LogP contribution in [0.4, 0.5) is 10.3 Å². The second kappa shape index (κ2) is 8.29. The van der Waals surface area contributed by atoms with Crippen molar-refractivity contribution < 1.29 is 4.79 Å². The minimum absolute atomic E-state index is 0.137. The first-order valence-electron chi connectivity index (χ1n) is 6.66. The lowest BCUT2D eigenvalue weighted by Crippen LogP contribution is -2.04. The molecule has 2 rings (SSSR count). The van der Waals surface area contributed by atoms with Gasteiger partial charge in [-0.15, -0.1) is 16.4 Å². The second-order valence-corrected chi connectivity index (χ2v) is 6.23. The summed E-state index contributed by atoms with van der Waals surface area (Å²) < 4.78 is 0. The van der Waals surface area contributed by atoms with Gasteiger partial charge in [-0.3, -0.25) is 4.79 Å². The number of aryl methyl sites for hydroxylation is 1. The summed E-state index contributed by atoms with van der Waals surface area (Å²) in [5.41, 5.74) is 1.68. The number of anilines is 2. The molecule has 0 atom stereocenters. The van der Waals surface area contributed by atoms with Crippen LogP contribution in [0.3, 0.4) is 0 Å². The van der Waals surface area contributed by atoms with E-state index in [-0.39, 0.29) is 5.91 Å². The van der Waals surface area contributed by atoms with Crippen molar-refractivity contribution in [2.75, 3.05) is 17.2 Å². The van der Waals surface area contributed by atoms with Gasteiger partial charge in [0.25, 0.3) is 0 Å². The van der Waals surface area contributed by atoms with Gasteiger partial charge in [0.2, 0.25) is 5.91 Å². The minimum atomic E-state index is -0.137. The number of carbonyl (C=O) groups excluding carboxylic acids is 1. The van der Waals surface area contributed by atoms with Crippen LogP contribution in [0.2, 0.25) is 0 Å². The van der Waals surface area contributed by atoms with E-state index in [4.69, 9.17) is 5.84 Å². The van der Waals surface area contributed by atoms with Gasteiger partial charge in [0.05, 0.1) is 16.3 Å². The van der Waals surface area contributed by atoms with Crippen LogP contribution in [0, 0.1) is 6.92 Å². The maximum atomic E-state index is 11.1. The Bertz CT molecular complexity index is 720. The molecule has 1 amide bonds. The van der Waals surface area contributed by atoms with Crippen molar-refractivity contribution in [3.63, 3.8) is 0 Å². The average Bonchev–Trinajstić information content (AvgIpc) is 3.08. The van der Waals surface area contributed by atoms with Crippen LogP contribution < -0.4 is 16.5 Å². The smallest absolute Gasteiger partial charge is 0.223 e. The first-order valence-corrected chi connectivity index (χ1v) is 8.36. The number of thiazole rings is 2. The maximum Gasteiger partial charge on any atom is 0.223 e. The molecule has 0 saturated heterocycles. The summed E-state index contributed by atoms with van der Waals surface area (Å²) in [5.74, 6) is 4.69. The number of amides is 1. The minimum Gasteiger partial charge on any atom is -0.361 e.